The fourth-order valence-electron chi connectivity index (χ4n) is 0.690. The molecule has 1 aromatic heterocycles. The molecule has 0 aliphatic rings. The highest BCUT2D eigenvalue weighted by molar-refractivity contribution is 7.91. The minimum absolute atomic E-state index is 0.0942. The number of rotatable bonds is 3. The minimum Gasteiger partial charge on any atom is -0.477 e. The molecule has 0 saturated heterocycles. The predicted octanol–water partition coefficient (Wildman–Crippen LogP) is 0.206. The summed E-state index contributed by atoms with van der Waals surface area (Å²) in [4.78, 5) is 10.3. The van der Waals surface area contributed by atoms with E-state index in [4.69, 9.17) is 10.4 Å². The molecule has 6 nitrogen and oxygen atoms in total. The molecule has 1 aromatic rings. The van der Waals surface area contributed by atoms with Crippen molar-refractivity contribution in [1.29, 1.82) is 5.26 Å². The number of nitrogens with one attached hydrogen (secondary N) is 1. The number of aromatic carboxylic acids is 1. The molecule has 0 atom stereocenters. The zero-order chi connectivity index (χ0) is 10.8. The van der Waals surface area contributed by atoms with Gasteiger partial charge in [-0.25, -0.2) is 9.52 Å². The lowest BCUT2D eigenvalue weighted by Gasteiger charge is -1.94. The quantitative estimate of drug-likeness (QED) is 0.572. The first-order valence-electron chi connectivity index (χ1n) is 3.21. The van der Waals surface area contributed by atoms with Crippen molar-refractivity contribution in [3.63, 3.8) is 0 Å². The highest BCUT2D eigenvalue weighted by Crippen LogP contribution is 2.20. The van der Waals surface area contributed by atoms with Gasteiger partial charge in [0.05, 0.1) is 0 Å². The van der Waals surface area contributed by atoms with Crippen LogP contribution in [0.25, 0.3) is 0 Å². The van der Waals surface area contributed by atoms with Crippen molar-refractivity contribution in [2.45, 2.75) is 4.21 Å². The van der Waals surface area contributed by atoms with Crippen molar-refractivity contribution in [3.05, 3.63) is 17.0 Å². The van der Waals surface area contributed by atoms with E-state index in [-0.39, 0.29) is 9.09 Å². The lowest BCUT2D eigenvalue weighted by molar-refractivity contribution is 0.0702. The van der Waals surface area contributed by atoms with E-state index in [2.05, 4.69) is 0 Å². The number of carboxylic acids is 1. The van der Waals surface area contributed by atoms with E-state index in [1.165, 1.54) is 12.3 Å². The molecule has 1 heterocycles. The molecule has 74 valence electrons. The van der Waals surface area contributed by atoms with E-state index in [1.807, 2.05) is 0 Å². The van der Waals surface area contributed by atoms with E-state index >= 15 is 0 Å². The average Bonchev–Trinajstić information content (AvgIpc) is 2.51. The summed E-state index contributed by atoms with van der Waals surface area (Å²) in [6.45, 7) is 0. The van der Waals surface area contributed by atoms with Crippen LogP contribution in [0.4, 0.5) is 0 Å². The van der Waals surface area contributed by atoms with Crippen LogP contribution in [0.1, 0.15) is 9.67 Å². The van der Waals surface area contributed by atoms with Crippen LogP contribution in [0.3, 0.4) is 0 Å². The van der Waals surface area contributed by atoms with Gasteiger partial charge in [-0.1, -0.05) is 0 Å². The van der Waals surface area contributed by atoms with E-state index in [9.17, 15) is 13.2 Å². The Morgan fingerprint density at radius 3 is 2.64 bits per heavy atom. The summed E-state index contributed by atoms with van der Waals surface area (Å²) in [6.07, 6.45) is 1.27. The van der Waals surface area contributed by atoms with Crippen molar-refractivity contribution >= 4 is 27.3 Å². The third-order valence-corrected chi connectivity index (χ3v) is 4.04. The second-order valence-electron chi connectivity index (χ2n) is 2.14. The van der Waals surface area contributed by atoms with Gasteiger partial charge in [0.25, 0.3) is 10.0 Å². The highest BCUT2D eigenvalue weighted by Gasteiger charge is 2.17. The Bertz CT molecular complexity index is 496. The second-order valence-corrected chi connectivity index (χ2v) is 5.13. The summed E-state index contributed by atoms with van der Waals surface area (Å²) in [5, 5.41) is 16.7. The molecule has 1 rings (SSSR count). The van der Waals surface area contributed by atoms with Gasteiger partial charge in [0.1, 0.15) is 9.09 Å². The Hall–Kier alpha value is -1.59. The van der Waals surface area contributed by atoms with Crippen molar-refractivity contribution in [1.82, 2.24) is 4.72 Å². The number of carboxylic acid groups (broad SMARTS) is 1. The van der Waals surface area contributed by atoms with Crippen molar-refractivity contribution in [2.24, 2.45) is 0 Å². The normalized spacial score (nSPS) is 10.5. The summed E-state index contributed by atoms with van der Waals surface area (Å²) < 4.78 is 23.7. The van der Waals surface area contributed by atoms with Crippen LogP contribution in [0.15, 0.2) is 16.3 Å². The third kappa shape index (κ3) is 2.01. The zero-order valence-electron chi connectivity index (χ0n) is 6.59. The summed E-state index contributed by atoms with van der Waals surface area (Å²) in [6, 6.07) is 2.30. The number of sulfonamides is 1. The summed E-state index contributed by atoms with van der Waals surface area (Å²) in [5.74, 6) is -1.20. The van der Waals surface area contributed by atoms with Crippen LogP contribution in [0.5, 0.6) is 0 Å². The lowest BCUT2D eigenvalue weighted by Crippen LogP contribution is -2.16. The molecule has 0 aliphatic carbocycles. The van der Waals surface area contributed by atoms with Gasteiger partial charge in [0, 0.05) is 0 Å². The van der Waals surface area contributed by atoms with Crippen molar-refractivity contribution in [3.8, 4) is 6.19 Å². The van der Waals surface area contributed by atoms with Crippen LogP contribution >= 0.6 is 11.3 Å². The van der Waals surface area contributed by atoms with Crippen LogP contribution in [0, 0.1) is 11.5 Å². The van der Waals surface area contributed by atoms with Gasteiger partial charge in [0.2, 0.25) is 0 Å². The van der Waals surface area contributed by atoms with Crippen LogP contribution < -0.4 is 4.72 Å². The molecule has 0 spiro atoms. The topological polar surface area (TPSA) is 107 Å². The molecule has 0 radical (unpaired) electrons. The Balaban J connectivity index is 3.11. The number of hydrogen-bond acceptors (Lipinski definition) is 5. The highest BCUT2D eigenvalue weighted by atomic mass is 32.2. The summed E-state index contributed by atoms with van der Waals surface area (Å²) in [5.41, 5.74) is 0. The number of thiophene rings is 1. The summed E-state index contributed by atoms with van der Waals surface area (Å²) >= 11 is 0.587. The summed E-state index contributed by atoms with van der Waals surface area (Å²) in [7, 11) is -3.88. The van der Waals surface area contributed by atoms with Gasteiger partial charge in [0.15, 0.2) is 6.19 Å². The SMILES string of the molecule is N#CNS(=O)(=O)c1ccc(C(=O)O)s1. The molecular weight excluding hydrogens is 228 g/mol. The first-order chi connectivity index (χ1) is 6.47. The number of carbonyl (C=O) groups is 1. The van der Waals surface area contributed by atoms with Gasteiger partial charge >= 0.3 is 5.97 Å². The van der Waals surface area contributed by atoms with Crippen LogP contribution in [-0.4, -0.2) is 19.5 Å². The second kappa shape index (κ2) is 3.65. The largest absolute Gasteiger partial charge is 0.477 e. The molecule has 2 N–H and O–H groups in total. The first kappa shape index (κ1) is 10.5. The number of nitriles is 1. The van der Waals surface area contributed by atoms with E-state index in [1.54, 1.807) is 4.72 Å². The van der Waals surface area contributed by atoms with Gasteiger partial charge in [-0.2, -0.15) is 13.7 Å². The Morgan fingerprint density at radius 1 is 1.57 bits per heavy atom. The molecule has 0 fully saturated rings. The van der Waals surface area contributed by atoms with Crippen LogP contribution in [0.2, 0.25) is 0 Å². The average molecular weight is 232 g/mol. The predicted molar refractivity (Wildman–Crippen MR) is 47.2 cm³/mol. The zero-order valence-corrected chi connectivity index (χ0v) is 8.22. The Morgan fingerprint density at radius 2 is 2.21 bits per heavy atom. The van der Waals surface area contributed by atoms with E-state index in [0.29, 0.717) is 11.3 Å². The smallest absolute Gasteiger partial charge is 0.345 e. The Kier molecular flexibility index (Phi) is 2.73. The molecule has 8 heteroatoms. The Labute approximate surface area is 83.5 Å². The molecule has 0 unspecified atom stereocenters. The molecule has 0 amide bonds. The molecule has 0 aliphatic heterocycles. The molecule has 0 saturated carbocycles. The molecule has 0 aromatic carbocycles. The van der Waals surface area contributed by atoms with Gasteiger partial charge in [-0.3, -0.25) is 0 Å². The van der Waals surface area contributed by atoms with Crippen molar-refractivity contribution in [2.75, 3.05) is 0 Å². The minimum atomic E-state index is -3.88. The van der Waals surface area contributed by atoms with E-state index in [0.717, 1.165) is 6.07 Å². The van der Waals surface area contributed by atoms with Crippen molar-refractivity contribution < 1.29 is 18.3 Å². The number of hydrogen-bond donors (Lipinski definition) is 2. The molecule has 14 heavy (non-hydrogen) atoms. The maximum absolute atomic E-state index is 11.2. The maximum Gasteiger partial charge on any atom is 0.345 e. The van der Waals surface area contributed by atoms with Crippen LogP contribution in [-0.2, 0) is 10.0 Å². The van der Waals surface area contributed by atoms with Gasteiger partial charge < -0.3 is 5.11 Å². The standard InChI is InChI=1S/C6H4N2O4S2/c7-3-8-14(11,12)5-2-1-4(13-5)6(9)10/h1-2,8H,(H,9,10). The van der Waals surface area contributed by atoms with Gasteiger partial charge in [-0.15, -0.1) is 11.3 Å². The number of nitrogens with zero attached hydrogens (tertiary/aromatic N) is 1. The molecular formula is C6H4N2O4S2. The fraction of sp³-hybridized carbons (Fsp3) is 0. The lowest BCUT2D eigenvalue weighted by atomic mass is 10.5. The third-order valence-electron chi connectivity index (χ3n) is 1.24. The fourth-order valence-corrected chi connectivity index (χ4v) is 2.57. The monoisotopic (exact) mass is 232 g/mol. The molecule has 0 bridgehead atoms. The maximum atomic E-state index is 11.2. The van der Waals surface area contributed by atoms with Gasteiger partial charge in [-0.05, 0) is 12.1 Å². The first-order valence-corrected chi connectivity index (χ1v) is 5.51. The van der Waals surface area contributed by atoms with E-state index < -0.39 is 16.0 Å².